The molecule has 1 atom stereocenters. The second kappa shape index (κ2) is 4.75. The first kappa shape index (κ1) is 12.3. The van der Waals surface area contributed by atoms with E-state index in [1.54, 1.807) is 10.9 Å². The Balaban J connectivity index is 2.07. The fourth-order valence-electron chi connectivity index (χ4n) is 2.26. The number of halogens is 1. The summed E-state index contributed by atoms with van der Waals surface area (Å²) in [6.07, 6.45) is 1.59. The first-order valence-electron chi connectivity index (χ1n) is 6.00. The molecule has 6 heteroatoms. The summed E-state index contributed by atoms with van der Waals surface area (Å²) >= 11 is 6.14. The lowest BCUT2D eigenvalue weighted by Crippen LogP contribution is -2.21. The Morgan fingerprint density at radius 2 is 2.16 bits per heavy atom. The third kappa shape index (κ3) is 2.05. The molecular formula is C13H14ClN3O2. The summed E-state index contributed by atoms with van der Waals surface area (Å²) in [6.45, 7) is 1.08. The van der Waals surface area contributed by atoms with Crippen molar-refractivity contribution in [1.82, 2.24) is 9.78 Å². The molecule has 1 unspecified atom stereocenters. The minimum atomic E-state index is -0.406. The van der Waals surface area contributed by atoms with Gasteiger partial charge in [0.25, 0.3) is 0 Å². The molecular weight excluding hydrogens is 266 g/mol. The van der Waals surface area contributed by atoms with E-state index in [-0.39, 0.29) is 0 Å². The van der Waals surface area contributed by atoms with Crippen molar-refractivity contribution in [3.05, 3.63) is 40.7 Å². The van der Waals surface area contributed by atoms with Gasteiger partial charge in [0.05, 0.1) is 23.0 Å². The Bertz CT molecular complexity index is 592. The number of fused-ring (bicyclic) bond motifs is 1. The number of nitrogens with two attached hydrogens (primary N) is 1. The van der Waals surface area contributed by atoms with Crippen LogP contribution < -0.4 is 15.2 Å². The van der Waals surface area contributed by atoms with Gasteiger partial charge in [0.2, 0.25) is 0 Å². The van der Waals surface area contributed by atoms with Crippen molar-refractivity contribution in [2.75, 3.05) is 13.2 Å². The molecule has 1 aliphatic heterocycles. The van der Waals surface area contributed by atoms with Gasteiger partial charge in [-0.3, -0.25) is 4.68 Å². The molecule has 1 aliphatic rings. The third-order valence-electron chi connectivity index (χ3n) is 3.16. The van der Waals surface area contributed by atoms with Crippen LogP contribution in [-0.4, -0.2) is 23.0 Å². The van der Waals surface area contributed by atoms with Gasteiger partial charge in [-0.2, -0.15) is 5.10 Å². The summed E-state index contributed by atoms with van der Waals surface area (Å²) in [5, 5.41) is 4.65. The molecule has 5 nitrogen and oxygen atoms in total. The molecule has 1 aromatic carbocycles. The number of rotatable bonds is 2. The van der Waals surface area contributed by atoms with Crippen LogP contribution in [0.1, 0.15) is 17.3 Å². The molecule has 100 valence electrons. The Morgan fingerprint density at radius 3 is 2.89 bits per heavy atom. The van der Waals surface area contributed by atoms with E-state index in [0.29, 0.717) is 24.0 Å². The van der Waals surface area contributed by atoms with Gasteiger partial charge in [0.1, 0.15) is 13.2 Å². The number of nitrogens with zero attached hydrogens (tertiary/aromatic N) is 2. The summed E-state index contributed by atoms with van der Waals surface area (Å²) in [6, 6.07) is 5.28. The number of ether oxygens (including phenoxy) is 2. The average molecular weight is 280 g/mol. The Kier molecular flexibility index (Phi) is 3.08. The molecule has 2 N–H and O–H groups in total. The van der Waals surface area contributed by atoms with Crippen molar-refractivity contribution in [3.63, 3.8) is 0 Å². The number of hydrogen-bond acceptors (Lipinski definition) is 4. The molecule has 1 aromatic heterocycles. The van der Waals surface area contributed by atoms with Crippen molar-refractivity contribution in [1.29, 1.82) is 0 Å². The molecule has 0 fully saturated rings. The first-order valence-corrected chi connectivity index (χ1v) is 6.37. The predicted molar refractivity (Wildman–Crippen MR) is 71.7 cm³/mol. The third-order valence-corrected chi connectivity index (χ3v) is 3.46. The quantitative estimate of drug-likeness (QED) is 0.912. The normalized spacial score (nSPS) is 15.3. The molecule has 0 saturated heterocycles. The fourth-order valence-corrected chi connectivity index (χ4v) is 2.54. The average Bonchev–Trinajstić information content (AvgIpc) is 2.77. The zero-order valence-electron chi connectivity index (χ0n) is 10.5. The van der Waals surface area contributed by atoms with E-state index in [4.69, 9.17) is 26.8 Å². The zero-order chi connectivity index (χ0) is 13.4. The van der Waals surface area contributed by atoms with Crippen LogP contribution in [-0.2, 0) is 7.05 Å². The van der Waals surface area contributed by atoms with Crippen molar-refractivity contribution in [2.45, 2.75) is 6.04 Å². The van der Waals surface area contributed by atoms with E-state index in [2.05, 4.69) is 5.10 Å². The number of hydrogen-bond donors (Lipinski definition) is 1. The van der Waals surface area contributed by atoms with Gasteiger partial charge in [-0.1, -0.05) is 23.7 Å². The van der Waals surface area contributed by atoms with E-state index >= 15 is 0 Å². The van der Waals surface area contributed by atoms with Gasteiger partial charge in [-0.25, -0.2) is 0 Å². The molecule has 0 radical (unpaired) electrons. The van der Waals surface area contributed by atoms with E-state index in [9.17, 15) is 0 Å². The van der Waals surface area contributed by atoms with Crippen LogP contribution in [0.15, 0.2) is 24.4 Å². The van der Waals surface area contributed by atoms with Crippen LogP contribution in [0, 0.1) is 0 Å². The molecule has 0 amide bonds. The number of aromatic nitrogens is 2. The summed E-state index contributed by atoms with van der Waals surface area (Å²) in [5.74, 6) is 1.41. The van der Waals surface area contributed by atoms with Gasteiger partial charge >= 0.3 is 0 Å². The van der Waals surface area contributed by atoms with Crippen LogP contribution in [0.5, 0.6) is 11.5 Å². The maximum absolute atomic E-state index is 6.31. The number of aryl methyl sites for hydroxylation is 1. The van der Waals surface area contributed by atoms with Gasteiger partial charge in [0.15, 0.2) is 11.5 Å². The van der Waals surface area contributed by atoms with Crippen molar-refractivity contribution >= 4 is 11.6 Å². The molecule has 2 aromatic rings. The molecule has 19 heavy (non-hydrogen) atoms. The summed E-state index contributed by atoms with van der Waals surface area (Å²) in [5.41, 5.74) is 7.91. The van der Waals surface area contributed by atoms with Crippen LogP contribution in [0.25, 0.3) is 0 Å². The SMILES string of the molecule is Cn1ncc(Cl)c1C(N)c1cccc2c1OCCO2. The minimum absolute atomic E-state index is 0.406. The van der Waals surface area contributed by atoms with Gasteiger partial charge in [0, 0.05) is 12.6 Å². The van der Waals surface area contributed by atoms with Gasteiger partial charge < -0.3 is 15.2 Å². The standard InChI is InChI=1S/C13H14ClN3O2/c1-17-12(9(14)7-16-17)11(15)8-3-2-4-10-13(8)19-6-5-18-10/h2-4,7,11H,5-6,15H2,1H3. The predicted octanol–water partition coefficient (Wildman–Crippen LogP) is 1.89. The summed E-state index contributed by atoms with van der Waals surface area (Å²) < 4.78 is 12.9. The van der Waals surface area contributed by atoms with Crippen LogP contribution in [0.2, 0.25) is 5.02 Å². The maximum Gasteiger partial charge on any atom is 0.166 e. The minimum Gasteiger partial charge on any atom is -0.486 e. The Labute approximate surface area is 115 Å². The van der Waals surface area contributed by atoms with Gasteiger partial charge in [-0.15, -0.1) is 0 Å². The number of benzene rings is 1. The Hall–Kier alpha value is -1.72. The molecule has 0 bridgehead atoms. The van der Waals surface area contributed by atoms with Gasteiger partial charge in [-0.05, 0) is 6.07 Å². The van der Waals surface area contributed by atoms with Crippen LogP contribution in [0.3, 0.4) is 0 Å². The van der Waals surface area contributed by atoms with E-state index in [0.717, 1.165) is 17.0 Å². The van der Waals surface area contributed by atoms with Crippen molar-refractivity contribution in [2.24, 2.45) is 12.8 Å². The smallest absolute Gasteiger partial charge is 0.166 e. The number of para-hydroxylation sites is 1. The summed E-state index contributed by atoms with van der Waals surface area (Å²) in [7, 11) is 1.81. The van der Waals surface area contributed by atoms with E-state index in [1.807, 2.05) is 25.2 Å². The lowest BCUT2D eigenvalue weighted by Gasteiger charge is -2.23. The van der Waals surface area contributed by atoms with Crippen LogP contribution >= 0.6 is 11.6 Å². The van der Waals surface area contributed by atoms with E-state index in [1.165, 1.54) is 0 Å². The van der Waals surface area contributed by atoms with Crippen molar-refractivity contribution < 1.29 is 9.47 Å². The fraction of sp³-hybridized carbons (Fsp3) is 0.308. The maximum atomic E-state index is 6.31. The largest absolute Gasteiger partial charge is 0.486 e. The molecule has 2 heterocycles. The van der Waals surface area contributed by atoms with Crippen LogP contribution in [0.4, 0.5) is 0 Å². The molecule has 3 rings (SSSR count). The first-order chi connectivity index (χ1) is 9.18. The second-order valence-corrected chi connectivity index (χ2v) is 4.76. The highest BCUT2D eigenvalue weighted by molar-refractivity contribution is 6.31. The molecule has 0 aliphatic carbocycles. The monoisotopic (exact) mass is 279 g/mol. The van der Waals surface area contributed by atoms with E-state index < -0.39 is 6.04 Å². The highest BCUT2D eigenvalue weighted by Gasteiger charge is 2.24. The van der Waals surface area contributed by atoms with Crippen molar-refractivity contribution in [3.8, 4) is 11.5 Å². The summed E-state index contributed by atoms with van der Waals surface area (Å²) in [4.78, 5) is 0. The highest BCUT2D eigenvalue weighted by Crippen LogP contribution is 2.39. The lowest BCUT2D eigenvalue weighted by molar-refractivity contribution is 0.169. The topological polar surface area (TPSA) is 62.3 Å². The Morgan fingerprint density at radius 1 is 1.37 bits per heavy atom. The molecule has 0 spiro atoms. The lowest BCUT2D eigenvalue weighted by atomic mass is 10.0. The highest BCUT2D eigenvalue weighted by atomic mass is 35.5. The second-order valence-electron chi connectivity index (χ2n) is 4.35. The molecule has 0 saturated carbocycles. The zero-order valence-corrected chi connectivity index (χ0v) is 11.2.